The van der Waals surface area contributed by atoms with E-state index in [-0.39, 0.29) is 0 Å². The number of hydrogen-bond acceptors (Lipinski definition) is 4. The van der Waals surface area contributed by atoms with E-state index in [2.05, 4.69) is 27.7 Å². The molecule has 0 spiro atoms. The van der Waals surface area contributed by atoms with Gasteiger partial charge in [0.2, 0.25) is 6.98 Å². The highest BCUT2D eigenvalue weighted by Gasteiger charge is 2.61. The van der Waals surface area contributed by atoms with Crippen LogP contribution >= 0.6 is 6.98 Å². The molecular weight excluding hydrogens is 503 g/mol. The Labute approximate surface area is 190 Å². The first-order valence-electron chi connectivity index (χ1n) is 10.8. The fourth-order valence-electron chi connectivity index (χ4n) is 2.92. The van der Waals surface area contributed by atoms with E-state index in [1.54, 1.807) is 0 Å². The maximum atomic E-state index is 11.6. The molecule has 0 aromatic carbocycles. The molecule has 0 saturated carbocycles. The smallest absolute Gasteiger partial charge is 0.324 e. The van der Waals surface area contributed by atoms with Crippen molar-refractivity contribution in [3.8, 4) is 0 Å². The summed E-state index contributed by atoms with van der Waals surface area (Å²) in [5.41, 5.74) is -12.0. The Morgan fingerprint density at radius 3 is 0.938 bits per heavy atom. The summed E-state index contributed by atoms with van der Waals surface area (Å²) in [6, 6.07) is 0. The van der Waals surface area contributed by atoms with Gasteiger partial charge in [0, 0.05) is 0 Å². The zero-order valence-corrected chi connectivity index (χ0v) is 22.0. The topological polar surface area (TPSA) is 68.3 Å². The lowest BCUT2D eigenvalue weighted by atomic mass is 10.1. The fraction of sp³-hybridized carbons (Fsp3) is 1.00. The van der Waals surface area contributed by atoms with Crippen LogP contribution in [0.15, 0.2) is 0 Å². The molecule has 0 aromatic heterocycles. The van der Waals surface area contributed by atoms with E-state index in [0.717, 1.165) is 0 Å². The highest BCUT2D eigenvalue weighted by atomic mass is 33.1. The van der Waals surface area contributed by atoms with Gasteiger partial charge in [0.1, 0.15) is 0 Å². The van der Waals surface area contributed by atoms with Gasteiger partial charge in [0.05, 0.1) is 26.2 Å². The molecule has 32 heavy (non-hydrogen) atoms. The molecule has 0 aromatic rings. The summed E-state index contributed by atoms with van der Waals surface area (Å²) in [5.74, 6) is 0. The van der Waals surface area contributed by atoms with Gasteiger partial charge in [-0.05, 0) is 25.7 Å². The number of alkyl halides is 6. The van der Waals surface area contributed by atoms with Gasteiger partial charge >= 0.3 is 29.9 Å². The second kappa shape index (κ2) is 15.0. The van der Waals surface area contributed by atoms with Gasteiger partial charge in [0.25, 0.3) is 0 Å². The molecule has 0 rings (SSSR count). The molecule has 5 nitrogen and oxygen atoms in total. The predicted molar refractivity (Wildman–Crippen MR) is 119 cm³/mol. The van der Waals surface area contributed by atoms with Gasteiger partial charge < -0.3 is 4.48 Å². The van der Waals surface area contributed by atoms with E-state index in [9.17, 15) is 43.2 Å². The summed E-state index contributed by atoms with van der Waals surface area (Å²) >= 11 is 0. The molecular formula is C18H38F6NO4PS2+2. The van der Waals surface area contributed by atoms with E-state index in [4.69, 9.17) is 0 Å². The SMILES string of the molecule is CCCC[N+](CCCC)(CCCC)CCCC.O=S(=O)([PH2+]S(=O)(=O)C(F)(F)F)C(F)(F)F. The second-order valence-electron chi connectivity index (χ2n) is 7.73. The molecule has 0 aliphatic heterocycles. The average Bonchev–Trinajstić information content (AvgIpc) is 2.65. The summed E-state index contributed by atoms with van der Waals surface area (Å²) in [7, 11) is -12.5. The summed E-state index contributed by atoms with van der Waals surface area (Å²) in [4.78, 5) is 0. The highest BCUT2D eigenvalue weighted by Crippen LogP contribution is 2.46. The van der Waals surface area contributed by atoms with E-state index < -0.39 is 36.9 Å². The Bertz CT molecular complexity index is 630. The molecule has 0 saturated heterocycles. The Morgan fingerprint density at radius 2 is 0.781 bits per heavy atom. The minimum absolute atomic E-state index is 1.35. The van der Waals surface area contributed by atoms with E-state index in [0.29, 0.717) is 0 Å². The number of rotatable bonds is 14. The molecule has 14 heteroatoms. The highest BCUT2D eigenvalue weighted by molar-refractivity contribution is 8.76. The van der Waals surface area contributed by atoms with Crippen molar-refractivity contribution in [1.29, 1.82) is 0 Å². The normalized spacial score (nSPS) is 13.6. The second-order valence-corrected chi connectivity index (χ2v) is 17.1. The van der Waals surface area contributed by atoms with Crippen LogP contribution in [0, 0.1) is 0 Å². The number of nitrogens with zero attached hydrogens (tertiary/aromatic N) is 1. The molecule has 196 valence electrons. The van der Waals surface area contributed by atoms with Crippen LogP contribution in [-0.4, -0.2) is 58.5 Å². The molecule has 0 atom stereocenters. The fourth-order valence-corrected chi connectivity index (χ4v) is 10.1. The molecule has 0 unspecified atom stereocenters. The standard InChI is InChI=1S/C16H36N.C2HF6O4PS2/c1-5-9-13-17(14-10-6-2,15-11-7-3)16-12-8-4;3-1(4,5)14(9,10)13-15(11,12)2(6,7)8/h5-16H2,1-4H3;13H/q+1;/p+1. The lowest BCUT2D eigenvalue weighted by molar-refractivity contribution is -0.929. The van der Waals surface area contributed by atoms with Crippen LogP contribution in [0.2, 0.25) is 0 Å². The van der Waals surface area contributed by atoms with Gasteiger partial charge in [-0.15, -0.1) is 0 Å². The monoisotopic (exact) mass is 541 g/mol. The van der Waals surface area contributed by atoms with Crippen molar-refractivity contribution in [1.82, 2.24) is 0 Å². The maximum absolute atomic E-state index is 11.6. The summed E-state index contributed by atoms with van der Waals surface area (Å²) in [6.07, 6.45) is 11.1. The molecule has 0 bridgehead atoms. The zero-order chi connectivity index (χ0) is 25.7. The minimum Gasteiger partial charge on any atom is -0.324 e. The van der Waals surface area contributed by atoms with Crippen LogP contribution in [0.4, 0.5) is 26.3 Å². The first-order valence-corrected chi connectivity index (χ1v) is 16.7. The Kier molecular flexibility index (Phi) is 15.9. The van der Waals surface area contributed by atoms with E-state index in [1.165, 1.54) is 82.0 Å². The summed E-state index contributed by atoms with van der Waals surface area (Å²) in [6.45, 7) is 11.1. The molecule has 0 radical (unpaired) electrons. The summed E-state index contributed by atoms with van der Waals surface area (Å²) < 4.78 is 111. The Hall–Kier alpha value is -0.130. The number of halogens is 6. The Morgan fingerprint density at radius 1 is 0.562 bits per heavy atom. The van der Waals surface area contributed by atoms with Gasteiger partial charge in [-0.25, -0.2) is 0 Å². The van der Waals surface area contributed by atoms with Crippen molar-refractivity contribution >= 4 is 25.9 Å². The average molecular weight is 542 g/mol. The minimum atomic E-state index is -6.26. The molecule has 0 aliphatic rings. The predicted octanol–water partition coefficient (Wildman–Crippen LogP) is 6.10. The molecule has 0 amide bonds. The number of hydrogen-bond donors (Lipinski definition) is 0. The molecule has 0 fully saturated rings. The Balaban J connectivity index is 0. The first-order chi connectivity index (χ1) is 14.4. The third-order valence-electron chi connectivity index (χ3n) is 4.84. The van der Waals surface area contributed by atoms with Crippen molar-refractivity contribution in [3.63, 3.8) is 0 Å². The van der Waals surface area contributed by atoms with Gasteiger partial charge in [-0.3, -0.25) is 0 Å². The number of quaternary nitrogens is 1. The van der Waals surface area contributed by atoms with Crippen LogP contribution in [0.1, 0.15) is 79.1 Å². The van der Waals surface area contributed by atoms with Crippen molar-refractivity contribution in [2.75, 3.05) is 26.2 Å². The van der Waals surface area contributed by atoms with Gasteiger partial charge in [0.15, 0.2) is 0 Å². The van der Waals surface area contributed by atoms with E-state index >= 15 is 0 Å². The van der Waals surface area contributed by atoms with E-state index in [1.807, 2.05) is 0 Å². The third-order valence-corrected chi connectivity index (χ3v) is 14.3. The summed E-state index contributed by atoms with van der Waals surface area (Å²) in [5, 5.41) is 0. The quantitative estimate of drug-likeness (QED) is 0.151. The molecule has 0 N–H and O–H groups in total. The largest absolute Gasteiger partial charge is 0.531 e. The molecule has 0 heterocycles. The van der Waals surface area contributed by atoms with Crippen LogP contribution in [0.3, 0.4) is 0 Å². The third kappa shape index (κ3) is 12.9. The van der Waals surface area contributed by atoms with Crippen molar-refractivity contribution < 1.29 is 47.7 Å². The van der Waals surface area contributed by atoms with Gasteiger partial charge in [-0.1, -0.05) is 53.4 Å². The van der Waals surface area contributed by atoms with Crippen LogP contribution in [0.5, 0.6) is 0 Å². The molecule has 0 aliphatic carbocycles. The number of unbranched alkanes of at least 4 members (excludes halogenated alkanes) is 4. The van der Waals surface area contributed by atoms with Gasteiger partial charge in [-0.2, -0.15) is 43.2 Å². The van der Waals surface area contributed by atoms with Crippen LogP contribution in [0.25, 0.3) is 0 Å². The maximum Gasteiger partial charge on any atom is 0.531 e. The van der Waals surface area contributed by atoms with Crippen LogP contribution in [-0.2, 0) is 18.9 Å². The zero-order valence-electron chi connectivity index (χ0n) is 19.2. The lowest BCUT2D eigenvalue weighted by Gasteiger charge is -2.39. The van der Waals surface area contributed by atoms with Crippen molar-refractivity contribution in [3.05, 3.63) is 0 Å². The van der Waals surface area contributed by atoms with Crippen molar-refractivity contribution in [2.45, 2.75) is 90.1 Å². The first kappa shape index (κ1) is 34.0. The lowest BCUT2D eigenvalue weighted by Crippen LogP contribution is -2.50. The van der Waals surface area contributed by atoms with Crippen molar-refractivity contribution in [2.24, 2.45) is 0 Å². The van der Waals surface area contributed by atoms with Crippen LogP contribution < -0.4 is 0 Å².